The van der Waals surface area contributed by atoms with Crippen LogP contribution in [0.5, 0.6) is 5.75 Å². The SMILES string of the molecule is Cc1ccc(C)c(OCCNS(=O)(=O)c2cc(C(=O)O)ccc2F)c1. The van der Waals surface area contributed by atoms with Crippen LogP contribution in [0.15, 0.2) is 41.3 Å². The first kappa shape index (κ1) is 18.9. The summed E-state index contributed by atoms with van der Waals surface area (Å²) in [6, 6.07) is 8.25. The highest BCUT2D eigenvalue weighted by Gasteiger charge is 2.20. The van der Waals surface area contributed by atoms with E-state index < -0.39 is 26.7 Å². The van der Waals surface area contributed by atoms with Crippen LogP contribution in [0.3, 0.4) is 0 Å². The smallest absolute Gasteiger partial charge is 0.335 e. The summed E-state index contributed by atoms with van der Waals surface area (Å²) in [6.45, 7) is 3.73. The Kier molecular flexibility index (Phi) is 5.76. The Hall–Kier alpha value is -2.45. The van der Waals surface area contributed by atoms with Gasteiger partial charge < -0.3 is 9.84 Å². The highest BCUT2D eigenvalue weighted by molar-refractivity contribution is 7.89. The molecule has 6 nitrogen and oxygen atoms in total. The van der Waals surface area contributed by atoms with Crippen molar-refractivity contribution in [3.05, 3.63) is 58.9 Å². The van der Waals surface area contributed by atoms with Gasteiger partial charge in [0.05, 0.1) is 5.56 Å². The van der Waals surface area contributed by atoms with Crippen LogP contribution in [0.1, 0.15) is 21.5 Å². The van der Waals surface area contributed by atoms with E-state index in [1.807, 2.05) is 32.0 Å². The number of nitrogens with one attached hydrogen (secondary N) is 1. The number of benzene rings is 2. The van der Waals surface area contributed by atoms with Gasteiger partial charge in [0, 0.05) is 6.54 Å². The van der Waals surface area contributed by atoms with Crippen LogP contribution in [-0.2, 0) is 10.0 Å². The zero-order valence-corrected chi connectivity index (χ0v) is 14.6. The topological polar surface area (TPSA) is 92.7 Å². The molecule has 2 N–H and O–H groups in total. The average molecular weight is 367 g/mol. The molecule has 0 unspecified atom stereocenters. The van der Waals surface area contributed by atoms with Gasteiger partial charge in [-0.15, -0.1) is 0 Å². The number of halogens is 1. The molecule has 0 aliphatic heterocycles. The van der Waals surface area contributed by atoms with E-state index in [2.05, 4.69) is 4.72 Å². The summed E-state index contributed by atoms with van der Waals surface area (Å²) >= 11 is 0. The molecule has 0 spiro atoms. The van der Waals surface area contributed by atoms with Crippen molar-refractivity contribution in [3.8, 4) is 5.75 Å². The van der Waals surface area contributed by atoms with Gasteiger partial charge in [-0.1, -0.05) is 12.1 Å². The fraction of sp³-hybridized carbons (Fsp3) is 0.235. The van der Waals surface area contributed by atoms with Crippen molar-refractivity contribution in [3.63, 3.8) is 0 Å². The number of aryl methyl sites for hydroxylation is 2. The van der Waals surface area contributed by atoms with Crippen LogP contribution < -0.4 is 9.46 Å². The molecule has 2 rings (SSSR count). The van der Waals surface area contributed by atoms with Crippen LogP contribution in [0.25, 0.3) is 0 Å². The van der Waals surface area contributed by atoms with Gasteiger partial charge in [0.2, 0.25) is 10.0 Å². The van der Waals surface area contributed by atoms with E-state index in [1.54, 1.807) is 0 Å². The number of hydrogen-bond donors (Lipinski definition) is 2. The van der Waals surface area contributed by atoms with E-state index in [0.29, 0.717) is 5.75 Å². The molecule has 134 valence electrons. The van der Waals surface area contributed by atoms with Crippen molar-refractivity contribution in [2.75, 3.05) is 13.2 Å². The van der Waals surface area contributed by atoms with Gasteiger partial charge in [-0.05, 0) is 49.2 Å². The molecule has 0 bridgehead atoms. The molecule has 0 aromatic heterocycles. The number of aromatic carboxylic acids is 1. The fourth-order valence-corrected chi connectivity index (χ4v) is 3.23. The highest BCUT2D eigenvalue weighted by Crippen LogP contribution is 2.19. The van der Waals surface area contributed by atoms with E-state index >= 15 is 0 Å². The molecule has 0 aliphatic rings. The van der Waals surface area contributed by atoms with Crippen molar-refractivity contribution in [1.82, 2.24) is 4.72 Å². The summed E-state index contributed by atoms with van der Waals surface area (Å²) in [7, 11) is -4.19. The van der Waals surface area contributed by atoms with Gasteiger partial charge in [0.15, 0.2) is 0 Å². The van der Waals surface area contributed by atoms with Gasteiger partial charge in [0.25, 0.3) is 0 Å². The van der Waals surface area contributed by atoms with E-state index in [4.69, 9.17) is 9.84 Å². The quantitative estimate of drug-likeness (QED) is 0.734. The fourth-order valence-electron chi connectivity index (χ4n) is 2.12. The molecule has 0 saturated carbocycles. The van der Waals surface area contributed by atoms with E-state index in [-0.39, 0.29) is 18.7 Å². The Morgan fingerprint density at radius 2 is 1.92 bits per heavy atom. The third kappa shape index (κ3) is 4.77. The van der Waals surface area contributed by atoms with Gasteiger partial charge >= 0.3 is 5.97 Å². The van der Waals surface area contributed by atoms with Crippen molar-refractivity contribution < 1.29 is 27.4 Å². The first-order chi connectivity index (χ1) is 11.7. The predicted molar refractivity (Wildman–Crippen MR) is 90.0 cm³/mol. The van der Waals surface area contributed by atoms with Crippen LogP contribution in [0.2, 0.25) is 0 Å². The molecule has 25 heavy (non-hydrogen) atoms. The predicted octanol–water partition coefficient (Wildman–Crippen LogP) is 2.50. The van der Waals surface area contributed by atoms with Crippen LogP contribution >= 0.6 is 0 Å². The third-order valence-electron chi connectivity index (χ3n) is 3.46. The van der Waals surface area contributed by atoms with Crippen molar-refractivity contribution in [2.45, 2.75) is 18.7 Å². The molecular formula is C17H18FNO5S. The Morgan fingerprint density at radius 1 is 1.20 bits per heavy atom. The molecule has 0 atom stereocenters. The summed E-state index contributed by atoms with van der Waals surface area (Å²) in [4.78, 5) is 10.2. The summed E-state index contributed by atoms with van der Waals surface area (Å²) < 4.78 is 45.8. The largest absolute Gasteiger partial charge is 0.492 e. The van der Waals surface area contributed by atoms with Gasteiger partial charge in [0.1, 0.15) is 23.1 Å². The molecule has 0 radical (unpaired) electrons. The second kappa shape index (κ2) is 7.62. The maximum atomic E-state index is 13.8. The third-order valence-corrected chi connectivity index (χ3v) is 4.94. The summed E-state index contributed by atoms with van der Waals surface area (Å²) in [5.74, 6) is -1.72. The number of hydrogen-bond acceptors (Lipinski definition) is 4. The Balaban J connectivity index is 2.04. The van der Waals surface area contributed by atoms with Crippen LogP contribution in [-0.4, -0.2) is 32.6 Å². The number of carboxylic acid groups (broad SMARTS) is 1. The zero-order chi connectivity index (χ0) is 18.6. The molecule has 0 saturated heterocycles. The number of ether oxygens (including phenoxy) is 1. The highest BCUT2D eigenvalue weighted by atomic mass is 32.2. The molecule has 0 amide bonds. The number of sulfonamides is 1. The maximum Gasteiger partial charge on any atom is 0.335 e. The Morgan fingerprint density at radius 3 is 2.60 bits per heavy atom. The van der Waals surface area contributed by atoms with E-state index in [9.17, 15) is 17.6 Å². The molecule has 8 heteroatoms. The van der Waals surface area contributed by atoms with E-state index in [1.165, 1.54) is 0 Å². The number of carbonyl (C=O) groups is 1. The lowest BCUT2D eigenvalue weighted by atomic mass is 10.1. The minimum Gasteiger partial charge on any atom is -0.492 e. The summed E-state index contributed by atoms with van der Waals surface area (Å²) in [5, 5.41) is 8.90. The van der Waals surface area contributed by atoms with Crippen molar-refractivity contribution in [2.24, 2.45) is 0 Å². The summed E-state index contributed by atoms with van der Waals surface area (Å²) in [5.41, 5.74) is 1.61. The number of carboxylic acids is 1. The average Bonchev–Trinajstić information content (AvgIpc) is 2.54. The molecular weight excluding hydrogens is 349 g/mol. The second-order valence-electron chi connectivity index (χ2n) is 5.47. The lowest BCUT2D eigenvalue weighted by Gasteiger charge is -2.11. The van der Waals surface area contributed by atoms with E-state index in [0.717, 1.165) is 29.3 Å². The minimum atomic E-state index is -4.19. The zero-order valence-electron chi connectivity index (χ0n) is 13.7. The first-order valence-electron chi connectivity index (χ1n) is 7.43. The maximum absolute atomic E-state index is 13.8. The molecule has 2 aromatic rings. The van der Waals surface area contributed by atoms with Crippen LogP contribution in [0, 0.1) is 19.7 Å². The van der Waals surface area contributed by atoms with Crippen molar-refractivity contribution >= 4 is 16.0 Å². The lowest BCUT2D eigenvalue weighted by Crippen LogP contribution is -2.29. The molecule has 0 heterocycles. The first-order valence-corrected chi connectivity index (χ1v) is 8.91. The second-order valence-corrected chi connectivity index (χ2v) is 7.20. The molecule has 2 aromatic carbocycles. The van der Waals surface area contributed by atoms with Crippen LogP contribution in [0.4, 0.5) is 4.39 Å². The monoisotopic (exact) mass is 367 g/mol. The van der Waals surface area contributed by atoms with Crippen molar-refractivity contribution in [1.29, 1.82) is 0 Å². The number of rotatable bonds is 7. The standard InChI is InChI=1S/C17H18FNO5S/c1-11-3-4-12(2)15(9-11)24-8-7-19-25(22,23)16-10-13(17(20)21)5-6-14(16)18/h3-6,9-10,19H,7-8H2,1-2H3,(H,20,21). The minimum absolute atomic E-state index is 0.0454. The Bertz CT molecular complexity index is 896. The summed E-state index contributed by atoms with van der Waals surface area (Å²) in [6.07, 6.45) is 0. The van der Waals surface area contributed by atoms with Gasteiger partial charge in [-0.25, -0.2) is 22.3 Å². The normalized spacial score (nSPS) is 11.3. The lowest BCUT2D eigenvalue weighted by molar-refractivity contribution is 0.0696. The van der Waals surface area contributed by atoms with Gasteiger partial charge in [-0.3, -0.25) is 0 Å². The molecule has 0 aliphatic carbocycles. The van der Waals surface area contributed by atoms with Gasteiger partial charge in [-0.2, -0.15) is 0 Å². The molecule has 0 fully saturated rings. The Labute approximate surface area is 145 Å².